The Bertz CT molecular complexity index is 1100. The van der Waals surface area contributed by atoms with Crippen LogP contribution in [0.25, 0.3) is 11.1 Å². The van der Waals surface area contributed by atoms with Crippen LogP contribution in [0.3, 0.4) is 0 Å². The van der Waals surface area contributed by atoms with Gasteiger partial charge in [-0.2, -0.15) is 0 Å². The molecule has 9 heteroatoms. The molecule has 2 aromatic heterocycles. The van der Waals surface area contributed by atoms with E-state index in [1.807, 2.05) is 7.05 Å². The average Bonchev–Trinajstić information content (AvgIpc) is 3.09. The van der Waals surface area contributed by atoms with Crippen LogP contribution >= 0.6 is 11.6 Å². The van der Waals surface area contributed by atoms with Gasteiger partial charge in [0.1, 0.15) is 23.7 Å². The second-order valence-corrected chi connectivity index (χ2v) is 7.04. The van der Waals surface area contributed by atoms with Crippen molar-refractivity contribution in [3.63, 3.8) is 0 Å². The SMILES string of the molecule is CNC/C=C/C(=O)N1CCc2c(oc3ncnc(Nc4ccc(F)c(Cl)c4)c23)C1. The number of carbonyl (C=O) groups is 1. The lowest BCUT2D eigenvalue weighted by Crippen LogP contribution is -2.34. The standard InChI is InChI=1S/C20H19ClFN5O2/c1-23-7-2-3-17(28)27-8-6-13-16(10-27)29-20-18(13)19(24-11-25-20)26-12-4-5-15(22)14(21)9-12/h2-5,9,11,23H,6-8,10H2,1H3,(H,24,25,26)/b3-2+. The largest absolute Gasteiger partial charge is 0.440 e. The van der Waals surface area contributed by atoms with Crippen molar-refractivity contribution in [3.05, 3.63) is 58.8 Å². The predicted octanol–water partition coefficient (Wildman–Crippen LogP) is 3.42. The van der Waals surface area contributed by atoms with Gasteiger partial charge in [-0.25, -0.2) is 14.4 Å². The summed E-state index contributed by atoms with van der Waals surface area (Å²) >= 11 is 5.87. The smallest absolute Gasteiger partial charge is 0.246 e. The van der Waals surface area contributed by atoms with Crippen molar-refractivity contribution >= 4 is 40.1 Å². The number of rotatable bonds is 5. The number of aromatic nitrogens is 2. The van der Waals surface area contributed by atoms with Crippen molar-refractivity contribution in [2.45, 2.75) is 13.0 Å². The van der Waals surface area contributed by atoms with Gasteiger partial charge in [-0.1, -0.05) is 17.7 Å². The van der Waals surface area contributed by atoms with Gasteiger partial charge in [-0.15, -0.1) is 0 Å². The summed E-state index contributed by atoms with van der Waals surface area (Å²) in [7, 11) is 1.82. The number of nitrogens with zero attached hydrogens (tertiary/aromatic N) is 3. The first-order chi connectivity index (χ1) is 14.1. The minimum Gasteiger partial charge on any atom is -0.440 e. The Morgan fingerprint density at radius 3 is 3.07 bits per heavy atom. The average molecular weight is 416 g/mol. The van der Waals surface area contributed by atoms with Crippen molar-refractivity contribution in [3.8, 4) is 0 Å². The molecule has 3 aromatic rings. The molecule has 0 spiro atoms. The van der Waals surface area contributed by atoms with Gasteiger partial charge in [0.15, 0.2) is 0 Å². The highest BCUT2D eigenvalue weighted by Gasteiger charge is 2.27. The van der Waals surface area contributed by atoms with Gasteiger partial charge >= 0.3 is 0 Å². The fourth-order valence-electron chi connectivity index (χ4n) is 3.30. The van der Waals surface area contributed by atoms with Crippen molar-refractivity contribution in [1.29, 1.82) is 0 Å². The molecule has 7 nitrogen and oxygen atoms in total. The summed E-state index contributed by atoms with van der Waals surface area (Å²) in [5, 5.41) is 6.91. The lowest BCUT2D eigenvalue weighted by atomic mass is 10.0. The first-order valence-electron chi connectivity index (χ1n) is 9.14. The number of halogens is 2. The summed E-state index contributed by atoms with van der Waals surface area (Å²) in [6.45, 7) is 1.57. The summed E-state index contributed by atoms with van der Waals surface area (Å²) in [4.78, 5) is 22.6. The number of carbonyl (C=O) groups excluding carboxylic acids is 1. The molecule has 1 aliphatic heterocycles. The van der Waals surface area contributed by atoms with Crippen LogP contribution < -0.4 is 10.6 Å². The van der Waals surface area contributed by atoms with Crippen LogP contribution in [0.2, 0.25) is 5.02 Å². The minimum absolute atomic E-state index is 0.0232. The van der Waals surface area contributed by atoms with Crippen molar-refractivity contribution in [2.24, 2.45) is 0 Å². The topological polar surface area (TPSA) is 83.3 Å². The Morgan fingerprint density at radius 1 is 1.41 bits per heavy atom. The molecular formula is C20H19ClFN5O2. The molecule has 0 unspecified atom stereocenters. The molecule has 0 bridgehead atoms. The van der Waals surface area contributed by atoms with Gasteiger partial charge in [0.05, 0.1) is 17.0 Å². The number of likely N-dealkylation sites (N-methyl/N-ethyl adjacent to an activating group) is 1. The third kappa shape index (κ3) is 3.94. The molecule has 3 heterocycles. The van der Waals surface area contributed by atoms with E-state index in [2.05, 4.69) is 20.6 Å². The Kier molecular flexibility index (Phi) is 5.46. The van der Waals surface area contributed by atoms with E-state index in [9.17, 15) is 9.18 Å². The fourth-order valence-corrected chi connectivity index (χ4v) is 3.48. The van der Waals surface area contributed by atoms with Gasteiger partial charge in [0.2, 0.25) is 11.6 Å². The molecule has 0 radical (unpaired) electrons. The molecule has 0 saturated heterocycles. The second kappa shape index (κ2) is 8.18. The molecule has 1 aliphatic rings. The number of hydrogen-bond acceptors (Lipinski definition) is 6. The highest BCUT2D eigenvalue weighted by molar-refractivity contribution is 6.31. The highest BCUT2D eigenvalue weighted by atomic mass is 35.5. The molecule has 4 rings (SSSR count). The van der Waals surface area contributed by atoms with E-state index in [0.717, 1.165) is 10.9 Å². The Balaban J connectivity index is 1.62. The lowest BCUT2D eigenvalue weighted by Gasteiger charge is -2.25. The minimum atomic E-state index is -0.487. The second-order valence-electron chi connectivity index (χ2n) is 6.63. The summed E-state index contributed by atoms with van der Waals surface area (Å²) in [6, 6.07) is 4.37. The van der Waals surface area contributed by atoms with Gasteiger partial charge in [0, 0.05) is 30.4 Å². The van der Waals surface area contributed by atoms with E-state index < -0.39 is 5.82 Å². The van der Waals surface area contributed by atoms with Crippen LogP contribution in [0.4, 0.5) is 15.9 Å². The molecule has 29 heavy (non-hydrogen) atoms. The van der Waals surface area contributed by atoms with Gasteiger partial charge in [0.25, 0.3) is 0 Å². The summed E-state index contributed by atoms with van der Waals surface area (Å²) in [5.74, 6) is 0.703. The summed E-state index contributed by atoms with van der Waals surface area (Å²) < 4.78 is 19.3. The zero-order chi connectivity index (χ0) is 20.4. The molecule has 0 aliphatic carbocycles. The quantitative estimate of drug-likeness (QED) is 0.621. The maximum absolute atomic E-state index is 13.4. The third-order valence-corrected chi connectivity index (χ3v) is 5.00. The van der Waals surface area contributed by atoms with Crippen LogP contribution in [0.1, 0.15) is 11.3 Å². The van der Waals surface area contributed by atoms with E-state index in [0.29, 0.717) is 49.0 Å². The zero-order valence-corrected chi connectivity index (χ0v) is 16.5. The van der Waals surface area contributed by atoms with E-state index in [1.165, 1.54) is 18.5 Å². The number of amides is 1. The normalized spacial score (nSPS) is 13.8. The Labute approximate surface area is 171 Å². The third-order valence-electron chi connectivity index (χ3n) is 4.71. The summed E-state index contributed by atoms with van der Waals surface area (Å²) in [6.07, 6.45) is 5.38. The molecule has 0 atom stereocenters. The maximum atomic E-state index is 13.4. The molecular weight excluding hydrogens is 397 g/mol. The molecule has 0 fully saturated rings. The molecule has 1 aromatic carbocycles. The predicted molar refractivity (Wildman–Crippen MR) is 109 cm³/mol. The van der Waals surface area contributed by atoms with Gasteiger partial charge < -0.3 is 20.0 Å². The number of fused-ring (bicyclic) bond motifs is 3. The number of benzene rings is 1. The van der Waals surface area contributed by atoms with E-state index in [4.69, 9.17) is 16.0 Å². The Hall–Kier alpha value is -2.97. The zero-order valence-electron chi connectivity index (χ0n) is 15.7. The lowest BCUT2D eigenvalue weighted by molar-refractivity contribution is -0.127. The molecule has 0 saturated carbocycles. The fraction of sp³-hybridized carbons (Fsp3) is 0.250. The van der Waals surface area contributed by atoms with Crippen molar-refractivity contribution < 1.29 is 13.6 Å². The number of furan rings is 1. The summed E-state index contributed by atoms with van der Waals surface area (Å²) in [5.41, 5.74) is 2.02. The van der Waals surface area contributed by atoms with Crippen molar-refractivity contribution in [2.75, 3.05) is 25.5 Å². The molecule has 2 N–H and O–H groups in total. The van der Waals surface area contributed by atoms with Crippen LogP contribution in [0.15, 0.2) is 41.1 Å². The highest BCUT2D eigenvalue weighted by Crippen LogP contribution is 2.34. The maximum Gasteiger partial charge on any atom is 0.246 e. The first kappa shape index (κ1) is 19.4. The van der Waals surface area contributed by atoms with Gasteiger partial charge in [-0.05, 0) is 31.7 Å². The van der Waals surface area contributed by atoms with Crippen LogP contribution in [0, 0.1) is 5.82 Å². The van der Waals surface area contributed by atoms with Crippen LogP contribution in [0.5, 0.6) is 0 Å². The van der Waals surface area contributed by atoms with Crippen LogP contribution in [-0.4, -0.2) is 40.9 Å². The van der Waals surface area contributed by atoms with Crippen molar-refractivity contribution in [1.82, 2.24) is 20.2 Å². The monoisotopic (exact) mass is 415 g/mol. The first-order valence-corrected chi connectivity index (χ1v) is 9.52. The Morgan fingerprint density at radius 2 is 2.28 bits per heavy atom. The van der Waals surface area contributed by atoms with Gasteiger partial charge in [-0.3, -0.25) is 4.79 Å². The van der Waals surface area contributed by atoms with Crippen LogP contribution in [-0.2, 0) is 17.8 Å². The molecule has 1 amide bonds. The number of hydrogen-bond donors (Lipinski definition) is 2. The van der Waals surface area contributed by atoms with E-state index >= 15 is 0 Å². The molecule has 150 valence electrons. The number of anilines is 2. The van der Waals surface area contributed by atoms with E-state index in [-0.39, 0.29) is 10.9 Å². The van der Waals surface area contributed by atoms with E-state index in [1.54, 1.807) is 23.1 Å². The number of nitrogens with one attached hydrogen (secondary N) is 2.